The first-order valence-corrected chi connectivity index (χ1v) is 7.05. The Kier molecular flexibility index (Phi) is 3.57. The van der Waals surface area contributed by atoms with E-state index >= 15 is 0 Å². The van der Waals surface area contributed by atoms with E-state index in [9.17, 15) is 12.6 Å². The molecule has 1 rings (SSSR count). The minimum Gasteiger partial charge on any atom is -0.259 e. The molecule has 13 heavy (non-hydrogen) atoms. The van der Waals surface area contributed by atoms with E-state index in [0.717, 1.165) is 11.1 Å². The highest BCUT2D eigenvalue weighted by Crippen LogP contribution is 2.26. The van der Waals surface area contributed by atoms with Crippen LogP contribution in [-0.4, -0.2) is 24.1 Å². The lowest BCUT2D eigenvalue weighted by Gasteiger charge is -2.16. The zero-order valence-corrected chi connectivity index (χ0v) is 9.51. The van der Waals surface area contributed by atoms with Gasteiger partial charge in [0.05, 0.1) is 21.3 Å². The predicted octanol–water partition coefficient (Wildman–Crippen LogP) is 1.32. The molecular formula is C6H6Cl2O3S2. The number of hydrogen-bond acceptors (Lipinski definition) is 3. The largest absolute Gasteiger partial charge is 0.259 e. The molecule has 0 aromatic rings. The van der Waals surface area contributed by atoms with Gasteiger partial charge in [-0.2, -0.15) is 0 Å². The van der Waals surface area contributed by atoms with E-state index < -0.39 is 20.6 Å². The second kappa shape index (κ2) is 4.13. The molecule has 0 amide bonds. The number of sulfone groups is 1. The van der Waals surface area contributed by atoms with E-state index in [1.54, 1.807) is 0 Å². The predicted molar refractivity (Wildman–Crippen MR) is 54.7 cm³/mol. The van der Waals surface area contributed by atoms with Crippen molar-refractivity contribution in [2.45, 2.75) is 0 Å². The van der Waals surface area contributed by atoms with Crippen molar-refractivity contribution in [3.63, 3.8) is 0 Å². The van der Waals surface area contributed by atoms with Crippen LogP contribution in [0.25, 0.3) is 0 Å². The molecule has 3 nitrogen and oxygen atoms in total. The fourth-order valence-electron chi connectivity index (χ4n) is 0.872. The normalized spacial score (nSPS) is 33.8. The van der Waals surface area contributed by atoms with Gasteiger partial charge in [0.25, 0.3) is 0 Å². The van der Waals surface area contributed by atoms with Gasteiger partial charge in [0.1, 0.15) is 0 Å². The van der Waals surface area contributed by atoms with Gasteiger partial charge in [-0.05, 0) is 0 Å². The zero-order chi connectivity index (χ0) is 10.1. The summed E-state index contributed by atoms with van der Waals surface area (Å²) in [6.45, 7) is 0. The SMILES string of the molecule is O=S1C/C(=C\Cl)S(=O)(=O)/C(=C/Cl)C1. The Labute approximate surface area is 88.8 Å². The summed E-state index contributed by atoms with van der Waals surface area (Å²) in [4.78, 5) is -0.0729. The molecule has 1 heterocycles. The minimum atomic E-state index is -3.53. The molecule has 7 heteroatoms. The van der Waals surface area contributed by atoms with E-state index in [1.807, 2.05) is 0 Å². The summed E-state index contributed by atoms with van der Waals surface area (Å²) in [5, 5.41) is 0. The van der Waals surface area contributed by atoms with Crippen molar-refractivity contribution >= 4 is 43.8 Å². The second-order valence-corrected chi connectivity index (χ2v) is 6.33. The molecule has 1 aliphatic rings. The molecule has 0 unspecified atom stereocenters. The summed E-state index contributed by atoms with van der Waals surface area (Å²) in [5.41, 5.74) is 1.87. The van der Waals surface area contributed by atoms with E-state index in [-0.39, 0.29) is 21.3 Å². The first-order valence-electron chi connectivity index (χ1n) is 3.21. The maximum atomic E-state index is 11.5. The standard InChI is InChI=1S/C6H6Cl2O3S2/c7-1-5-3-12(9)4-6(2-8)13(5,10)11/h1-2H,3-4H2/b5-1+,6-2+. The topological polar surface area (TPSA) is 51.2 Å². The van der Waals surface area contributed by atoms with Crippen molar-refractivity contribution < 1.29 is 12.6 Å². The quantitative estimate of drug-likeness (QED) is 0.661. The maximum absolute atomic E-state index is 11.5. The molecule has 74 valence electrons. The average molecular weight is 261 g/mol. The van der Waals surface area contributed by atoms with Gasteiger partial charge in [-0.1, -0.05) is 23.2 Å². The lowest BCUT2D eigenvalue weighted by Crippen LogP contribution is -2.24. The molecule has 0 N–H and O–H groups in total. The van der Waals surface area contributed by atoms with Crippen LogP contribution < -0.4 is 0 Å². The van der Waals surface area contributed by atoms with E-state index in [4.69, 9.17) is 23.2 Å². The van der Waals surface area contributed by atoms with Crippen molar-refractivity contribution in [1.82, 2.24) is 0 Å². The summed E-state index contributed by atoms with van der Waals surface area (Å²) in [6.07, 6.45) is 0. The molecule has 1 saturated heterocycles. The van der Waals surface area contributed by atoms with Gasteiger partial charge in [0.2, 0.25) is 9.84 Å². The molecule has 0 bridgehead atoms. The van der Waals surface area contributed by atoms with Crippen LogP contribution >= 0.6 is 23.2 Å². The molecule has 0 saturated carbocycles. The highest BCUT2D eigenvalue weighted by Gasteiger charge is 2.31. The fourth-order valence-corrected chi connectivity index (χ4v) is 5.42. The van der Waals surface area contributed by atoms with Crippen LogP contribution in [0.4, 0.5) is 0 Å². The van der Waals surface area contributed by atoms with E-state index in [2.05, 4.69) is 0 Å². The Morgan fingerprint density at radius 3 is 1.85 bits per heavy atom. The van der Waals surface area contributed by atoms with Crippen LogP contribution in [0.2, 0.25) is 0 Å². The number of rotatable bonds is 0. The fraction of sp³-hybridized carbons (Fsp3) is 0.333. The van der Waals surface area contributed by atoms with Crippen molar-refractivity contribution in [3.8, 4) is 0 Å². The lowest BCUT2D eigenvalue weighted by atomic mass is 10.7. The first-order chi connectivity index (χ1) is 6.02. The van der Waals surface area contributed by atoms with Gasteiger partial charge in [0.15, 0.2) is 0 Å². The Balaban J connectivity index is 3.26. The van der Waals surface area contributed by atoms with Crippen molar-refractivity contribution in [3.05, 3.63) is 20.9 Å². The Hall–Kier alpha value is 0.160. The summed E-state index contributed by atoms with van der Waals surface area (Å²) in [5.74, 6) is -0.0554. The van der Waals surface area contributed by atoms with Gasteiger partial charge in [0, 0.05) is 21.9 Å². The van der Waals surface area contributed by atoms with Gasteiger partial charge < -0.3 is 0 Å². The Bertz CT molecular complexity index is 364. The molecule has 0 atom stereocenters. The van der Waals surface area contributed by atoms with Crippen LogP contribution in [0.1, 0.15) is 0 Å². The second-order valence-electron chi connectivity index (χ2n) is 2.38. The minimum absolute atomic E-state index is 0.0277. The first kappa shape index (κ1) is 11.2. The third-order valence-electron chi connectivity index (χ3n) is 1.54. The summed E-state index contributed by atoms with van der Waals surface area (Å²) in [6, 6.07) is 0. The van der Waals surface area contributed by atoms with Crippen LogP contribution in [0.3, 0.4) is 0 Å². The molecule has 1 fully saturated rings. The maximum Gasteiger partial charge on any atom is 0.202 e. The van der Waals surface area contributed by atoms with Crippen LogP contribution in [-0.2, 0) is 20.6 Å². The van der Waals surface area contributed by atoms with Gasteiger partial charge in [-0.25, -0.2) is 8.42 Å². The molecule has 0 aliphatic carbocycles. The summed E-state index contributed by atoms with van der Waals surface area (Å²) in [7, 11) is -4.76. The van der Waals surface area contributed by atoms with E-state index in [1.165, 1.54) is 0 Å². The van der Waals surface area contributed by atoms with Crippen molar-refractivity contribution in [2.75, 3.05) is 11.5 Å². The third kappa shape index (κ3) is 2.15. The Morgan fingerprint density at radius 2 is 1.54 bits per heavy atom. The van der Waals surface area contributed by atoms with Gasteiger partial charge >= 0.3 is 0 Å². The van der Waals surface area contributed by atoms with Crippen molar-refractivity contribution in [2.24, 2.45) is 0 Å². The van der Waals surface area contributed by atoms with E-state index in [0.29, 0.717) is 0 Å². The lowest BCUT2D eigenvalue weighted by molar-refractivity contribution is 0.606. The summed E-state index contributed by atoms with van der Waals surface area (Å²) >= 11 is 10.6. The van der Waals surface area contributed by atoms with Crippen LogP contribution in [0.5, 0.6) is 0 Å². The van der Waals surface area contributed by atoms with Gasteiger partial charge in [-0.15, -0.1) is 0 Å². The van der Waals surface area contributed by atoms with Crippen LogP contribution in [0.15, 0.2) is 20.9 Å². The number of hydrogen-bond donors (Lipinski definition) is 0. The smallest absolute Gasteiger partial charge is 0.202 e. The molecule has 1 aliphatic heterocycles. The monoisotopic (exact) mass is 260 g/mol. The van der Waals surface area contributed by atoms with Crippen LogP contribution in [0, 0.1) is 0 Å². The molecule has 0 aromatic carbocycles. The Morgan fingerprint density at radius 1 is 1.15 bits per heavy atom. The highest BCUT2D eigenvalue weighted by molar-refractivity contribution is 8.02. The molecule has 0 spiro atoms. The molecule has 0 aromatic heterocycles. The van der Waals surface area contributed by atoms with Gasteiger partial charge in [-0.3, -0.25) is 4.21 Å². The molecular weight excluding hydrogens is 255 g/mol. The van der Waals surface area contributed by atoms with Crippen molar-refractivity contribution in [1.29, 1.82) is 0 Å². The highest BCUT2D eigenvalue weighted by atomic mass is 35.5. The number of halogens is 2. The molecule has 0 radical (unpaired) electrons. The summed E-state index contributed by atoms with van der Waals surface area (Å²) < 4.78 is 34.1. The average Bonchev–Trinajstić information content (AvgIpc) is 2.08. The third-order valence-corrected chi connectivity index (χ3v) is 5.86. The zero-order valence-electron chi connectivity index (χ0n) is 6.37.